The normalized spacial score (nSPS) is 10.0. The summed E-state index contributed by atoms with van der Waals surface area (Å²) in [5, 5.41) is 0. The Morgan fingerprint density at radius 3 is 2.81 bits per heavy atom. The predicted molar refractivity (Wildman–Crippen MR) is 59.9 cm³/mol. The Labute approximate surface area is 93.3 Å². The van der Waals surface area contributed by atoms with Crippen molar-refractivity contribution in [2.24, 2.45) is 0 Å². The van der Waals surface area contributed by atoms with E-state index < -0.39 is 0 Å². The minimum Gasteiger partial charge on any atom is -0.477 e. The molecule has 0 fully saturated rings. The van der Waals surface area contributed by atoms with Crippen LogP contribution in [0.25, 0.3) is 0 Å². The van der Waals surface area contributed by atoms with E-state index in [-0.39, 0.29) is 5.95 Å². The van der Waals surface area contributed by atoms with Gasteiger partial charge in [-0.15, -0.1) is 0 Å². The van der Waals surface area contributed by atoms with Crippen molar-refractivity contribution in [3.8, 4) is 5.88 Å². The first-order valence-corrected chi connectivity index (χ1v) is 4.96. The van der Waals surface area contributed by atoms with Gasteiger partial charge in [0.15, 0.2) is 0 Å². The lowest BCUT2D eigenvalue weighted by atomic mass is 10.3. The van der Waals surface area contributed by atoms with Crippen molar-refractivity contribution in [2.75, 3.05) is 12.3 Å². The zero-order chi connectivity index (χ0) is 11.2. The molecule has 2 aromatic rings. The number of hydrogen-bond donors (Lipinski definition) is 1. The van der Waals surface area contributed by atoms with Gasteiger partial charge >= 0.3 is 0 Å². The van der Waals surface area contributed by atoms with E-state index in [1.54, 1.807) is 18.5 Å². The maximum atomic E-state index is 5.43. The molecule has 5 heteroatoms. The van der Waals surface area contributed by atoms with E-state index in [0.717, 1.165) is 12.1 Å². The van der Waals surface area contributed by atoms with Gasteiger partial charge in [-0.2, -0.15) is 4.98 Å². The molecule has 2 rings (SSSR count). The first-order chi connectivity index (χ1) is 7.84. The van der Waals surface area contributed by atoms with Gasteiger partial charge in [-0.3, -0.25) is 4.98 Å². The second-order valence-corrected chi connectivity index (χ2v) is 3.17. The van der Waals surface area contributed by atoms with Gasteiger partial charge in [-0.1, -0.05) is 6.07 Å². The molecule has 0 bridgehead atoms. The lowest BCUT2D eigenvalue weighted by Gasteiger charge is -2.04. The number of nitrogens with two attached hydrogens (primary N) is 1. The Hall–Kier alpha value is -2.17. The third kappa shape index (κ3) is 2.91. The molecule has 0 aliphatic carbocycles. The molecule has 0 radical (unpaired) electrons. The van der Waals surface area contributed by atoms with Crippen LogP contribution < -0.4 is 10.5 Å². The third-order valence-corrected chi connectivity index (χ3v) is 1.98. The summed E-state index contributed by atoms with van der Waals surface area (Å²) in [7, 11) is 0. The van der Waals surface area contributed by atoms with Gasteiger partial charge in [-0.05, 0) is 12.1 Å². The molecule has 2 N–H and O–H groups in total. The van der Waals surface area contributed by atoms with Crippen molar-refractivity contribution in [2.45, 2.75) is 6.42 Å². The summed E-state index contributed by atoms with van der Waals surface area (Å²) < 4.78 is 5.42. The Bertz CT molecular complexity index is 447. The van der Waals surface area contributed by atoms with Gasteiger partial charge in [0.25, 0.3) is 0 Å². The molecule has 0 spiro atoms. The number of aromatic nitrogens is 3. The minimum absolute atomic E-state index is 0.218. The number of pyridine rings is 1. The average Bonchev–Trinajstić information content (AvgIpc) is 2.30. The van der Waals surface area contributed by atoms with E-state index >= 15 is 0 Å². The topological polar surface area (TPSA) is 73.9 Å². The summed E-state index contributed by atoms with van der Waals surface area (Å²) in [6, 6.07) is 7.47. The number of ether oxygens (including phenoxy) is 1. The smallest absolute Gasteiger partial charge is 0.223 e. The molecule has 2 heterocycles. The lowest BCUT2D eigenvalue weighted by molar-refractivity contribution is 0.308. The molecule has 0 atom stereocenters. The molecule has 0 aliphatic rings. The summed E-state index contributed by atoms with van der Waals surface area (Å²) in [5.74, 6) is 0.707. The molecule has 82 valence electrons. The van der Waals surface area contributed by atoms with Crippen LogP contribution >= 0.6 is 0 Å². The van der Waals surface area contributed by atoms with Gasteiger partial charge in [-0.25, -0.2) is 4.98 Å². The lowest BCUT2D eigenvalue weighted by Crippen LogP contribution is -2.05. The second kappa shape index (κ2) is 5.06. The Kier molecular flexibility index (Phi) is 3.28. The number of anilines is 1. The second-order valence-electron chi connectivity index (χ2n) is 3.17. The highest BCUT2D eigenvalue weighted by molar-refractivity contribution is 5.20. The fourth-order valence-electron chi connectivity index (χ4n) is 1.24. The van der Waals surface area contributed by atoms with Gasteiger partial charge in [0, 0.05) is 30.6 Å². The Morgan fingerprint density at radius 2 is 2.06 bits per heavy atom. The summed E-state index contributed by atoms with van der Waals surface area (Å²) in [5.41, 5.74) is 6.42. The number of rotatable bonds is 4. The fraction of sp³-hybridized carbons (Fsp3) is 0.182. The molecule has 0 saturated carbocycles. The minimum atomic E-state index is 0.218. The highest BCUT2D eigenvalue weighted by atomic mass is 16.5. The van der Waals surface area contributed by atoms with Gasteiger partial charge < -0.3 is 10.5 Å². The molecule has 0 amide bonds. The average molecular weight is 216 g/mol. The van der Waals surface area contributed by atoms with Crippen LogP contribution in [-0.4, -0.2) is 21.6 Å². The largest absolute Gasteiger partial charge is 0.477 e. The highest BCUT2D eigenvalue weighted by Crippen LogP contribution is 2.06. The Balaban J connectivity index is 1.85. The molecule has 2 aromatic heterocycles. The predicted octanol–water partition coefficient (Wildman–Crippen LogP) is 1.08. The molecule has 0 aliphatic heterocycles. The molecule has 0 saturated heterocycles. The molecule has 0 aromatic carbocycles. The van der Waals surface area contributed by atoms with Crippen molar-refractivity contribution in [1.82, 2.24) is 15.0 Å². The Morgan fingerprint density at radius 1 is 1.12 bits per heavy atom. The van der Waals surface area contributed by atoms with E-state index in [0.29, 0.717) is 12.5 Å². The highest BCUT2D eigenvalue weighted by Gasteiger charge is 1.98. The zero-order valence-electron chi connectivity index (χ0n) is 8.71. The first kappa shape index (κ1) is 10.4. The third-order valence-electron chi connectivity index (χ3n) is 1.98. The number of nitrogen functional groups attached to an aromatic ring is 1. The van der Waals surface area contributed by atoms with Crippen molar-refractivity contribution < 1.29 is 4.74 Å². The van der Waals surface area contributed by atoms with Crippen LogP contribution in [0.3, 0.4) is 0 Å². The van der Waals surface area contributed by atoms with Crippen LogP contribution in [0.1, 0.15) is 5.69 Å². The van der Waals surface area contributed by atoms with Crippen molar-refractivity contribution in [3.05, 3.63) is 42.4 Å². The summed E-state index contributed by atoms with van der Waals surface area (Å²) >= 11 is 0. The van der Waals surface area contributed by atoms with E-state index in [4.69, 9.17) is 10.5 Å². The van der Waals surface area contributed by atoms with Gasteiger partial charge in [0.2, 0.25) is 11.8 Å². The van der Waals surface area contributed by atoms with E-state index in [1.807, 2.05) is 18.2 Å². The number of hydrogen-bond acceptors (Lipinski definition) is 5. The molecule has 0 unspecified atom stereocenters. The zero-order valence-corrected chi connectivity index (χ0v) is 8.71. The molecule has 16 heavy (non-hydrogen) atoms. The standard InChI is InChI=1S/C11H12N4O/c12-11-14-7-4-10(15-11)16-8-5-9-3-1-2-6-13-9/h1-4,6-7H,5,8H2,(H2,12,14,15). The van der Waals surface area contributed by atoms with Gasteiger partial charge in [0.05, 0.1) is 6.61 Å². The summed E-state index contributed by atoms with van der Waals surface area (Å²) in [6.45, 7) is 0.521. The van der Waals surface area contributed by atoms with Crippen LogP contribution in [0.4, 0.5) is 5.95 Å². The summed E-state index contributed by atoms with van der Waals surface area (Å²) in [6.07, 6.45) is 4.07. The van der Waals surface area contributed by atoms with Gasteiger partial charge in [0.1, 0.15) is 0 Å². The SMILES string of the molecule is Nc1nccc(OCCc2ccccn2)n1. The first-order valence-electron chi connectivity index (χ1n) is 4.96. The molecular weight excluding hydrogens is 204 g/mol. The van der Waals surface area contributed by atoms with Crippen molar-refractivity contribution in [3.63, 3.8) is 0 Å². The van der Waals surface area contributed by atoms with Crippen molar-refractivity contribution in [1.29, 1.82) is 0 Å². The quantitative estimate of drug-likeness (QED) is 0.827. The fourth-order valence-corrected chi connectivity index (χ4v) is 1.24. The van der Waals surface area contributed by atoms with Crippen molar-refractivity contribution >= 4 is 5.95 Å². The van der Waals surface area contributed by atoms with Crippen LogP contribution in [-0.2, 0) is 6.42 Å². The van der Waals surface area contributed by atoms with E-state index in [1.165, 1.54) is 0 Å². The maximum Gasteiger partial charge on any atom is 0.223 e. The monoisotopic (exact) mass is 216 g/mol. The molecule has 5 nitrogen and oxygen atoms in total. The van der Waals surface area contributed by atoms with Crippen LogP contribution in [0, 0.1) is 0 Å². The molecular formula is C11H12N4O. The van der Waals surface area contributed by atoms with E-state index in [2.05, 4.69) is 15.0 Å². The maximum absolute atomic E-state index is 5.43. The van der Waals surface area contributed by atoms with Crippen LogP contribution in [0.15, 0.2) is 36.7 Å². The van der Waals surface area contributed by atoms with Crippen LogP contribution in [0.2, 0.25) is 0 Å². The summed E-state index contributed by atoms with van der Waals surface area (Å²) in [4.78, 5) is 11.9. The van der Waals surface area contributed by atoms with E-state index in [9.17, 15) is 0 Å². The van der Waals surface area contributed by atoms with Crippen LogP contribution in [0.5, 0.6) is 5.88 Å². The number of nitrogens with zero attached hydrogens (tertiary/aromatic N) is 3.